The number of rotatable bonds is 4. The Morgan fingerprint density at radius 1 is 1.23 bits per heavy atom. The molecule has 0 radical (unpaired) electrons. The Hall–Kier alpha value is -3.52. The number of fused-ring (bicyclic) bond motifs is 1. The molecular formula is C22H19N3O4S. The monoisotopic (exact) mass is 421 g/mol. The number of pyridine rings is 1. The van der Waals surface area contributed by atoms with E-state index in [1.54, 1.807) is 43.1 Å². The maximum Gasteiger partial charge on any atom is 0.338 e. The first-order valence-electron chi connectivity index (χ1n) is 9.18. The van der Waals surface area contributed by atoms with E-state index in [1.165, 1.54) is 18.4 Å². The van der Waals surface area contributed by atoms with Crippen molar-refractivity contribution in [3.8, 4) is 5.75 Å². The Balaban J connectivity index is 1.99. The van der Waals surface area contributed by atoms with E-state index >= 15 is 0 Å². The van der Waals surface area contributed by atoms with Crippen molar-refractivity contribution in [3.05, 3.63) is 90.9 Å². The van der Waals surface area contributed by atoms with Crippen molar-refractivity contribution in [2.75, 3.05) is 14.2 Å². The van der Waals surface area contributed by atoms with Crippen LogP contribution in [0.25, 0.3) is 6.08 Å². The van der Waals surface area contributed by atoms with Crippen LogP contribution in [0.4, 0.5) is 0 Å². The zero-order valence-corrected chi connectivity index (χ0v) is 17.5. The average molecular weight is 421 g/mol. The standard InChI is InChI=1S/C22H19N3O4S/c1-13-18(21(27)29-3)19(15-7-4-8-16(11-15)28-2)25-20(26)17(30-22(25)24-13)10-14-6-5-9-23-12-14/h4-12,19H,1-3H3/t19-/m1/s1. The van der Waals surface area contributed by atoms with Crippen molar-refractivity contribution in [2.45, 2.75) is 13.0 Å². The number of esters is 1. The number of methoxy groups -OCH3 is 2. The van der Waals surface area contributed by atoms with Crippen LogP contribution in [-0.4, -0.2) is 29.7 Å². The summed E-state index contributed by atoms with van der Waals surface area (Å²) in [6, 6.07) is 10.3. The van der Waals surface area contributed by atoms with E-state index in [0.717, 1.165) is 11.1 Å². The van der Waals surface area contributed by atoms with Crippen molar-refractivity contribution >= 4 is 23.4 Å². The second-order valence-corrected chi connectivity index (χ2v) is 7.65. The zero-order chi connectivity index (χ0) is 21.3. The van der Waals surface area contributed by atoms with Crippen LogP contribution in [0.15, 0.2) is 69.8 Å². The molecule has 0 N–H and O–H groups in total. The van der Waals surface area contributed by atoms with E-state index in [9.17, 15) is 9.59 Å². The molecular weight excluding hydrogens is 402 g/mol. The highest BCUT2D eigenvalue weighted by molar-refractivity contribution is 7.07. The quantitative estimate of drug-likeness (QED) is 0.600. The first kappa shape index (κ1) is 19.8. The topological polar surface area (TPSA) is 82.8 Å². The molecule has 1 aromatic carbocycles. The van der Waals surface area contributed by atoms with Gasteiger partial charge in [-0.05, 0) is 42.3 Å². The molecule has 0 saturated carbocycles. The third kappa shape index (κ3) is 3.46. The van der Waals surface area contributed by atoms with Crippen molar-refractivity contribution < 1.29 is 14.3 Å². The van der Waals surface area contributed by atoms with E-state index in [4.69, 9.17) is 9.47 Å². The molecule has 1 aliphatic heterocycles. The number of thiazole rings is 1. The van der Waals surface area contributed by atoms with Crippen LogP contribution in [-0.2, 0) is 9.53 Å². The van der Waals surface area contributed by atoms with Gasteiger partial charge in [-0.3, -0.25) is 14.3 Å². The zero-order valence-electron chi connectivity index (χ0n) is 16.7. The Morgan fingerprint density at radius 2 is 2.07 bits per heavy atom. The highest BCUT2D eigenvalue weighted by Gasteiger charge is 2.33. The van der Waals surface area contributed by atoms with Gasteiger partial charge in [0.05, 0.1) is 36.1 Å². The molecule has 0 spiro atoms. The lowest BCUT2D eigenvalue weighted by atomic mass is 9.96. The van der Waals surface area contributed by atoms with Crippen molar-refractivity contribution in [1.29, 1.82) is 0 Å². The third-order valence-electron chi connectivity index (χ3n) is 4.82. The summed E-state index contributed by atoms with van der Waals surface area (Å²) >= 11 is 1.27. The van der Waals surface area contributed by atoms with Gasteiger partial charge < -0.3 is 9.47 Å². The second-order valence-electron chi connectivity index (χ2n) is 6.64. The number of hydrogen-bond donors (Lipinski definition) is 0. The summed E-state index contributed by atoms with van der Waals surface area (Å²) in [6.07, 6.45) is 5.13. The van der Waals surface area contributed by atoms with E-state index in [2.05, 4.69) is 9.98 Å². The first-order valence-corrected chi connectivity index (χ1v) is 10.00. The Morgan fingerprint density at radius 3 is 2.77 bits per heavy atom. The van der Waals surface area contributed by atoms with Gasteiger partial charge in [-0.15, -0.1) is 0 Å². The SMILES string of the molecule is COC(=O)C1=C(C)N=c2sc(=Cc3cccnc3)c(=O)n2[C@@H]1c1cccc(OC)c1. The number of benzene rings is 1. The third-order valence-corrected chi connectivity index (χ3v) is 5.80. The second kappa shape index (κ2) is 8.08. The summed E-state index contributed by atoms with van der Waals surface area (Å²) in [5, 5.41) is 0. The Kier molecular flexibility index (Phi) is 5.33. The lowest BCUT2D eigenvalue weighted by molar-refractivity contribution is -0.136. The minimum atomic E-state index is -0.667. The van der Waals surface area contributed by atoms with Gasteiger partial charge in [-0.25, -0.2) is 9.79 Å². The fourth-order valence-corrected chi connectivity index (χ4v) is 4.48. The molecule has 1 aliphatic rings. The molecule has 0 aliphatic carbocycles. The van der Waals surface area contributed by atoms with Crippen LogP contribution in [0.5, 0.6) is 5.75 Å². The molecule has 30 heavy (non-hydrogen) atoms. The summed E-state index contributed by atoms with van der Waals surface area (Å²) in [6.45, 7) is 1.75. The normalized spacial score (nSPS) is 16.1. The number of hydrogen-bond acceptors (Lipinski definition) is 7. The van der Waals surface area contributed by atoms with Gasteiger partial charge in [0.1, 0.15) is 5.75 Å². The summed E-state index contributed by atoms with van der Waals surface area (Å²) < 4.78 is 12.4. The van der Waals surface area contributed by atoms with E-state index in [-0.39, 0.29) is 5.56 Å². The van der Waals surface area contributed by atoms with Crippen molar-refractivity contribution in [2.24, 2.45) is 4.99 Å². The summed E-state index contributed by atoms with van der Waals surface area (Å²) in [5.41, 5.74) is 2.15. The lowest BCUT2D eigenvalue weighted by Gasteiger charge is -2.24. The van der Waals surface area contributed by atoms with Crippen LogP contribution in [0.2, 0.25) is 0 Å². The molecule has 152 valence electrons. The number of ether oxygens (including phenoxy) is 2. The van der Waals surface area contributed by atoms with Gasteiger partial charge in [0.25, 0.3) is 5.56 Å². The molecule has 0 amide bonds. The maximum atomic E-state index is 13.4. The van der Waals surface area contributed by atoms with Crippen LogP contribution in [0.3, 0.4) is 0 Å². The summed E-state index contributed by atoms with van der Waals surface area (Å²) in [7, 11) is 2.89. The van der Waals surface area contributed by atoms with Crippen molar-refractivity contribution in [3.63, 3.8) is 0 Å². The highest BCUT2D eigenvalue weighted by atomic mass is 32.1. The van der Waals surface area contributed by atoms with E-state index in [0.29, 0.717) is 26.4 Å². The van der Waals surface area contributed by atoms with Gasteiger partial charge in [-0.1, -0.05) is 29.5 Å². The number of carbonyl (C=O) groups is 1. The van der Waals surface area contributed by atoms with E-state index in [1.807, 2.05) is 30.3 Å². The smallest absolute Gasteiger partial charge is 0.338 e. The largest absolute Gasteiger partial charge is 0.497 e. The average Bonchev–Trinajstić information content (AvgIpc) is 3.07. The Labute approximate surface area is 176 Å². The van der Waals surface area contributed by atoms with Crippen LogP contribution in [0, 0.1) is 0 Å². The van der Waals surface area contributed by atoms with E-state index < -0.39 is 12.0 Å². The van der Waals surface area contributed by atoms with Crippen LogP contribution >= 0.6 is 11.3 Å². The molecule has 3 heterocycles. The molecule has 2 aromatic heterocycles. The fraction of sp³-hybridized carbons (Fsp3) is 0.182. The minimum absolute atomic E-state index is 0.232. The number of nitrogens with zero attached hydrogens (tertiary/aromatic N) is 3. The van der Waals surface area contributed by atoms with Crippen LogP contribution in [0.1, 0.15) is 24.1 Å². The molecule has 7 nitrogen and oxygen atoms in total. The van der Waals surface area contributed by atoms with Crippen molar-refractivity contribution in [1.82, 2.24) is 9.55 Å². The molecule has 3 aromatic rings. The molecule has 0 fully saturated rings. The molecule has 1 atom stereocenters. The number of carbonyl (C=O) groups excluding carboxylic acids is 1. The van der Waals surface area contributed by atoms with Gasteiger partial charge in [-0.2, -0.15) is 0 Å². The Bertz CT molecular complexity index is 1320. The maximum absolute atomic E-state index is 13.4. The fourth-order valence-electron chi connectivity index (χ4n) is 3.43. The summed E-state index contributed by atoms with van der Waals surface area (Å²) in [4.78, 5) is 35.2. The summed E-state index contributed by atoms with van der Waals surface area (Å²) in [5.74, 6) is 0.106. The van der Waals surface area contributed by atoms with Gasteiger partial charge in [0.2, 0.25) is 0 Å². The minimum Gasteiger partial charge on any atom is -0.497 e. The van der Waals surface area contributed by atoms with Crippen LogP contribution < -0.4 is 19.6 Å². The predicted octanol–water partition coefficient (Wildman–Crippen LogP) is 1.81. The molecule has 0 unspecified atom stereocenters. The highest BCUT2D eigenvalue weighted by Crippen LogP contribution is 2.32. The number of allylic oxidation sites excluding steroid dienone is 1. The number of aromatic nitrogens is 2. The molecule has 8 heteroatoms. The lowest BCUT2D eigenvalue weighted by Crippen LogP contribution is -2.39. The van der Waals surface area contributed by atoms with Gasteiger partial charge in [0, 0.05) is 12.4 Å². The first-order chi connectivity index (χ1) is 14.5. The molecule has 0 bridgehead atoms. The van der Waals surface area contributed by atoms with Gasteiger partial charge in [0.15, 0.2) is 4.80 Å². The molecule has 4 rings (SSSR count). The predicted molar refractivity (Wildman–Crippen MR) is 113 cm³/mol. The van der Waals surface area contributed by atoms with Gasteiger partial charge >= 0.3 is 5.97 Å². The molecule has 0 saturated heterocycles.